The third-order valence-corrected chi connectivity index (χ3v) is 8.41. The van der Waals surface area contributed by atoms with Crippen LogP contribution in [0.25, 0.3) is 11.3 Å². The number of carbonyl (C=O) groups is 1. The molecule has 1 aliphatic heterocycles. The summed E-state index contributed by atoms with van der Waals surface area (Å²) in [4.78, 5) is 21.5. The quantitative estimate of drug-likeness (QED) is 0.242. The number of halogens is 1. The van der Waals surface area contributed by atoms with Crippen molar-refractivity contribution in [2.75, 3.05) is 37.0 Å². The van der Waals surface area contributed by atoms with Gasteiger partial charge in [-0.3, -0.25) is 0 Å². The van der Waals surface area contributed by atoms with Gasteiger partial charge < -0.3 is 30.2 Å². The van der Waals surface area contributed by atoms with Gasteiger partial charge in [0.25, 0.3) is 0 Å². The minimum Gasteiger partial charge on any atom is -0.458 e. The average Bonchev–Trinajstić information content (AvgIpc) is 3.00. The second-order valence-electron chi connectivity index (χ2n) is 13.1. The van der Waals surface area contributed by atoms with Crippen LogP contribution in [0, 0.1) is 16.7 Å². The first-order chi connectivity index (χ1) is 20.9. The highest BCUT2D eigenvalue weighted by Gasteiger charge is 2.32. The molecule has 2 aliphatic rings. The zero-order valence-corrected chi connectivity index (χ0v) is 27.4. The number of nitriles is 1. The van der Waals surface area contributed by atoms with Crippen molar-refractivity contribution < 1.29 is 19.0 Å². The zero-order chi connectivity index (χ0) is 31.7. The molecule has 1 aliphatic carbocycles. The fourth-order valence-corrected chi connectivity index (χ4v) is 5.75. The molecule has 1 saturated carbocycles. The maximum absolute atomic E-state index is 12.2. The van der Waals surface area contributed by atoms with E-state index >= 15 is 0 Å². The number of esters is 1. The van der Waals surface area contributed by atoms with Crippen LogP contribution in [0.4, 0.5) is 11.6 Å². The summed E-state index contributed by atoms with van der Waals surface area (Å²) >= 11 is 6.58. The molecule has 3 N–H and O–H groups in total. The van der Waals surface area contributed by atoms with Crippen LogP contribution >= 0.6 is 11.6 Å². The Morgan fingerprint density at radius 3 is 2.55 bits per heavy atom. The molecule has 2 atom stereocenters. The van der Waals surface area contributed by atoms with E-state index in [9.17, 15) is 10.1 Å². The van der Waals surface area contributed by atoms with E-state index in [0.29, 0.717) is 62.1 Å². The van der Waals surface area contributed by atoms with Gasteiger partial charge in [-0.15, -0.1) is 0 Å². The highest BCUT2D eigenvalue weighted by atomic mass is 35.5. The normalized spacial score (nSPS) is 21.5. The van der Waals surface area contributed by atoms with E-state index in [-0.39, 0.29) is 12.0 Å². The molecule has 0 spiro atoms. The topological polar surface area (TPSA) is 130 Å². The molecule has 0 bridgehead atoms. The molecule has 11 heteroatoms. The Kier molecular flexibility index (Phi) is 11.8. The number of ether oxygens (including phenoxy) is 3. The van der Waals surface area contributed by atoms with Crippen LogP contribution in [0.2, 0.25) is 5.02 Å². The third kappa shape index (κ3) is 10.0. The lowest BCUT2D eigenvalue weighted by Gasteiger charge is -2.32. The minimum atomic E-state index is -0.600. The van der Waals surface area contributed by atoms with Crippen LogP contribution in [-0.4, -0.2) is 72.1 Å². The highest BCUT2D eigenvalue weighted by Crippen LogP contribution is 2.32. The fourth-order valence-electron chi connectivity index (χ4n) is 5.55. The number of aromatic nitrogens is 2. The number of hydrogen-bond donors (Lipinski definition) is 3. The first-order valence-electron chi connectivity index (χ1n) is 15.7. The van der Waals surface area contributed by atoms with Gasteiger partial charge in [-0.05, 0) is 91.3 Å². The Morgan fingerprint density at radius 2 is 1.86 bits per heavy atom. The van der Waals surface area contributed by atoms with Crippen molar-refractivity contribution in [3.63, 3.8) is 0 Å². The molecular weight excluding hydrogens is 580 g/mol. The van der Waals surface area contributed by atoms with Gasteiger partial charge in [0.05, 0.1) is 28.8 Å². The molecule has 0 radical (unpaired) electrons. The lowest BCUT2D eigenvalue weighted by Crippen LogP contribution is -2.44. The van der Waals surface area contributed by atoms with Crippen LogP contribution in [0.3, 0.4) is 0 Å². The van der Waals surface area contributed by atoms with Gasteiger partial charge in [-0.1, -0.05) is 17.7 Å². The van der Waals surface area contributed by atoms with Crippen molar-refractivity contribution in [1.82, 2.24) is 15.3 Å². The molecule has 0 unspecified atom stereocenters. The SMILES string of the molecule is C[C@H](CO[C@H](C)C(=O)OC(C)(C)C)N[C@H]1CC[C@H](Nc2cc(-c3cccc(NCC4(C#N)CCOCC4)n3)c(Cl)cn2)CC1. The average molecular weight is 627 g/mol. The standard InChI is InChI=1S/C33H47ClN6O4/c1-22(19-43-23(2)31(41)44-32(3,4)5)38-24-9-11-25(12-10-24)39-30-17-26(27(34)18-36-30)28-7-6-8-29(40-28)37-21-33(20-35)13-15-42-16-14-33/h6-8,17-18,22-25,38H,9-16,19,21H2,1-5H3,(H,36,39)(H,37,40)/t22-,23-,24-,25-/m1/s1. The lowest BCUT2D eigenvalue weighted by molar-refractivity contribution is -0.167. The van der Waals surface area contributed by atoms with Gasteiger partial charge in [0.2, 0.25) is 0 Å². The first-order valence-corrected chi connectivity index (χ1v) is 16.1. The number of hydrogen-bond acceptors (Lipinski definition) is 10. The van der Waals surface area contributed by atoms with Gasteiger partial charge in [-0.25, -0.2) is 14.8 Å². The molecule has 0 amide bonds. The lowest BCUT2D eigenvalue weighted by atomic mass is 9.82. The predicted molar refractivity (Wildman–Crippen MR) is 173 cm³/mol. The van der Waals surface area contributed by atoms with E-state index in [1.54, 1.807) is 13.1 Å². The molecular formula is C33H47ClN6O4. The molecule has 2 fully saturated rings. The van der Waals surface area contributed by atoms with Crippen molar-refractivity contribution in [2.45, 2.75) is 103 Å². The smallest absolute Gasteiger partial charge is 0.335 e. The Bertz CT molecular complexity index is 1280. The summed E-state index contributed by atoms with van der Waals surface area (Å²) in [5, 5.41) is 20.9. The van der Waals surface area contributed by atoms with E-state index in [2.05, 4.69) is 33.9 Å². The van der Waals surface area contributed by atoms with Gasteiger partial charge >= 0.3 is 5.97 Å². The number of rotatable bonds is 12. The molecule has 2 aromatic heterocycles. The number of pyridine rings is 2. The molecule has 44 heavy (non-hydrogen) atoms. The molecule has 240 valence electrons. The summed E-state index contributed by atoms with van der Waals surface area (Å²) < 4.78 is 16.6. The summed E-state index contributed by atoms with van der Waals surface area (Å²) in [6, 6.07) is 11.0. The van der Waals surface area contributed by atoms with Crippen molar-refractivity contribution >= 4 is 29.2 Å². The fraction of sp³-hybridized carbons (Fsp3) is 0.636. The zero-order valence-electron chi connectivity index (χ0n) is 26.6. The van der Waals surface area contributed by atoms with E-state index in [0.717, 1.165) is 42.8 Å². The first kappa shape index (κ1) is 33.9. The van der Waals surface area contributed by atoms with Gasteiger partial charge in [0.15, 0.2) is 6.10 Å². The Balaban J connectivity index is 1.26. The highest BCUT2D eigenvalue weighted by molar-refractivity contribution is 6.33. The van der Waals surface area contributed by atoms with E-state index in [1.807, 2.05) is 45.0 Å². The summed E-state index contributed by atoms with van der Waals surface area (Å²) in [7, 11) is 0. The Morgan fingerprint density at radius 1 is 1.16 bits per heavy atom. The summed E-state index contributed by atoms with van der Waals surface area (Å²) in [5.74, 6) is 1.13. The minimum absolute atomic E-state index is 0.120. The van der Waals surface area contributed by atoms with Crippen LogP contribution in [-0.2, 0) is 19.0 Å². The van der Waals surface area contributed by atoms with Gasteiger partial charge in [0.1, 0.15) is 17.2 Å². The summed E-state index contributed by atoms with van der Waals surface area (Å²) in [6.07, 6.45) is 6.54. The van der Waals surface area contributed by atoms with E-state index in [1.165, 1.54) is 0 Å². The Labute approximate surface area is 266 Å². The molecule has 1 saturated heterocycles. The summed E-state index contributed by atoms with van der Waals surface area (Å²) in [5.41, 5.74) is 0.580. The van der Waals surface area contributed by atoms with Crippen molar-refractivity contribution in [2.24, 2.45) is 5.41 Å². The van der Waals surface area contributed by atoms with Crippen LogP contribution < -0.4 is 16.0 Å². The van der Waals surface area contributed by atoms with Crippen LogP contribution in [0.5, 0.6) is 0 Å². The van der Waals surface area contributed by atoms with Crippen molar-refractivity contribution in [3.8, 4) is 17.3 Å². The number of nitrogens with one attached hydrogen (secondary N) is 3. The molecule has 3 heterocycles. The van der Waals surface area contributed by atoms with E-state index in [4.69, 9.17) is 30.8 Å². The maximum Gasteiger partial charge on any atom is 0.335 e. The number of nitrogens with zero attached hydrogens (tertiary/aromatic N) is 3. The monoisotopic (exact) mass is 626 g/mol. The molecule has 2 aromatic rings. The van der Waals surface area contributed by atoms with Crippen LogP contribution in [0.15, 0.2) is 30.5 Å². The maximum atomic E-state index is 12.2. The molecule has 0 aromatic carbocycles. The van der Waals surface area contributed by atoms with Crippen LogP contribution in [0.1, 0.15) is 73.1 Å². The number of carbonyl (C=O) groups excluding carboxylic acids is 1. The largest absolute Gasteiger partial charge is 0.458 e. The number of anilines is 2. The van der Waals surface area contributed by atoms with Crippen molar-refractivity contribution in [1.29, 1.82) is 5.26 Å². The van der Waals surface area contributed by atoms with Gasteiger partial charge in [-0.2, -0.15) is 5.26 Å². The second kappa shape index (κ2) is 15.3. The molecule has 10 nitrogen and oxygen atoms in total. The third-order valence-electron chi connectivity index (χ3n) is 8.11. The Hall–Kier alpha value is -2.97. The van der Waals surface area contributed by atoms with E-state index < -0.39 is 17.1 Å². The molecule has 4 rings (SSSR count). The van der Waals surface area contributed by atoms with Gasteiger partial charge in [0, 0.05) is 49.6 Å². The summed E-state index contributed by atoms with van der Waals surface area (Å²) in [6.45, 7) is 11.5. The predicted octanol–water partition coefficient (Wildman–Crippen LogP) is 5.98. The second-order valence-corrected chi connectivity index (χ2v) is 13.5. The van der Waals surface area contributed by atoms with Crippen molar-refractivity contribution in [3.05, 3.63) is 35.5 Å².